The van der Waals surface area contributed by atoms with Gasteiger partial charge in [0.1, 0.15) is 11.5 Å². The van der Waals surface area contributed by atoms with Gasteiger partial charge in [0, 0.05) is 34.9 Å². The van der Waals surface area contributed by atoms with Crippen LogP contribution in [-0.2, 0) is 6.42 Å². The molecule has 174 valence electrons. The van der Waals surface area contributed by atoms with Crippen LogP contribution in [0.15, 0.2) is 77.9 Å². The van der Waals surface area contributed by atoms with E-state index >= 15 is 0 Å². The summed E-state index contributed by atoms with van der Waals surface area (Å²) in [6.45, 7) is 0.469. The smallest absolute Gasteiger partial charge is 0.257 e. The first-order chi connectivity index (χ1) is 16.6. The molecule has 0 fully saturated rings. The van der Waals surface area contributed by atoms with Crippen LogP contribution in [0, 0.1) is 0 Å². The number of methoxy groups -OCH3 is 2. The number of aromatic amines is 1. The van der Waals surface area contributed by atoms with Crippen LogP contribution in [-0.4, -0.2) is 37.6 Å². The number of hydrogen-bond acceptors (Lipinski definition) is 4. The molecule has 0 saturated carbocycles. The average Bonchev–Trinajstić information content (AvgIpc) is 3.27. The molecule has 0 saturated heterocycles. The van der Waals surface area contributed by atoms with Crippen LogP contribution in [0.5, 0.6) is 11.5 Å². The number of halogens is 1. The zero-order chi connectivity index (χ0) is 23.9. The number of nitrogens with zero attached hydrogens (tertiary/aromatic N) is 1. The third kappa shape index (κ3) is 5.50. The second kappa shape index (κ2) is 10.8. The van der Waals surface area contributed by atoms with Crippen molar-refractivity contribution in [3.8, 4) is 11.5 Å². The summed E-state index contributed by atoms with van der Waals surface area (Å²) in [5.41, 5.74) is 3.40. The molecule has 0 spiro atoms. The van der Waals surface area contributed by atoms with Crippen LogP contribution in [0.25, 0.3) is 10.9 Å². The molecule has 0 bridgehead atoms. The Hall–Kier alpha value is -3.97. The van der Waals surface area contributed by atoms with Gasteiger partial charge < -0.3 is 19.8 Å². The number of rotatable bonds is 7. The van der Waals surface area contributed by atoms with E-state index in [-0.39, 0.29) is 5.91 Å². The molecule has 0 aliphatic rings. The van der Waals surface area contributed by atoms with Crippen molar-refractivity contribution in [2.45, 2.75) is 6.42 Å². The first-order valence-corrected chi connectivity index (χ1v) is 11.1. The molecular weight excluding hydrogens is 452 g/mol. The van der Waals surface area contributed by atoms with Crippen molar-refractivity contribution in [1.29, 1.82) is 0 Å². The highest BCUT2D eigenvalue weighted by Crippen LogP contribution is 2.27. The highest BCUT2D eigenvalue weighted by molar-refractivity contribution is 6.32. The maximum Gasteiger partial charge on any atom is 0.257 e. The summed E-state index contributed by atoms with van der Waals surface area (Å²) >= 11 is 6.26. The third-order valence-corrected chi connectivity index (χ3v) is 5.62. The van der Waals surface area contributed by atoms with Gasteiger partial charge in [0.2, 0.25) is 5.96 Å². The number of aliphatic imine (C=N–C) groups is 1. The van der Waals surface area contributed by atoms with Crippen LogP contribution >= 0.6 is 11.6 Å². The van der Waals surface area contributed by atoms with Crippen molar-refractivity contribution < 1.29 is 14.3 Å². The minimum Gasteiger partial charge on any atom is -0.497 e. The van der Waals surface area contributed by atoms with Crippen LogP contribution < -0.4 is 20.1 Å². The highest BCUT2D eigenvalue weighted by Gasteiger charge is 2.11. The molecule has 0 atom stereocenters. The van der Waals surface area contributed by atoms with E-state index in [4.69, 9.17) is 21.1 Å². The maximum absolute atomic E-state index is 12.9. The fourth-order valence-corrected chi connectivity index (χ4v) is 3.80. The SMILES string of the molecule is COc1ccc(C(=O)NC(=NCCc2c[nH]c3ccccc23)Nc2ccc(OC)c(Cl)c2)cc1. The Morgan fingerprint density at radius 2 is 1.82 bits per heavy atom. The molecule has 4 aromatic rings. The Morgan fingerprint density at radius 1 is 1.03 bits per heavy atom. The number of benzene rings is 3. The lowest BCUT2D eigenvalue weighted by Crippen LogP contribution is -2.36. The number of nitrogens with one attached hydrogen (secondary N) is 3. The zero-order valence-electron chi connectivity index (χ0n) is 18.9. The molecule has 4 rings (SSSR count). The Balaban J connectivity index is 1.53. The van der Waals surface area contributed by atoms with Gasteiger partial charge in [-0.2, -0.15) is 0 Å². The first kappa shape index (κ1) is 23.2. The van der Waals surface area contributed by atoms with Crippen molar-refractivity contribution in [2.24, 2.45) is 4.99 Å². The number of H-pyrrole nitrogens is 1. The van der Waals surface area contributed by atoms with Crippen LogP contribution in [0.2, 0.25) is 5.02 Å². The predicted octanol–water partition coefficient (Wildman–Crippen LogP) is 5.28. The van der Waals surface area contributed by atoms with Crippen LogP contribution in [0.3, 0.4) is 0 Å². The Kier molecular flexibility index (Phi) is 7.34. The second-order valence-corrected chi connectivity index (χ2v) is 7.90. The number of carbonyl (C=O) groups is 1. The molecule has 0 radical (unpaired) electrons. The quantitative estimate of drug-likeness (QED) is 0.250. The Morgan fingerprint density at radius 3 is 2.56 bits per heavy atom. The van der Waals surface area contributed by atoms with Gasteiger partial charge in [0.05, 0.1) is 19.2 Å². The van der Waals surface area contributed by atoms with E-state index in [0.29, 0.717) is 46.7 Å². The lowest BCUT2D eigenvalue weighted by atomic mass is 10.1. The van der Waals surface area contributed by atoms with Gasteiger partial charge in [0.25, 0.3) is 5.91 Å². The number of hydrogen-bond donors (Lipinski definition) is 3. The van der Waals surface area contributed by atoms with Gasteiger partial charge in [-0.25, -0.2) is 0 Å². The van der Waals surface area contributed by atoms with Crippen LogP contribution in [0.1, 0.15) is 15.9 Å². The average molecular weight is 477 g/mol. The summed E-state index contributed by atoms with van der Waals surface area (Å²) < 4.78 is 10.4. The standard InChI is InChI=1S/C26H25ClN4O3/c1-33-20-10-7-17(8-11-20)25(32)31-26(30-19-9-12-24(34-2)22(27)15-19)28-14-13-18-16-29-23-6-4-3-5-21(18)23/h3-12,15-16,29H,13-14H2,1-2H3,(H2,28,30,31,32). The van der Waals surface area contributed by atoms with E-state index in [1.807, 2.05) is 24.4 Å². The highest BCUT2D eigenvalue weighted by atomic mass is 35.5. The lowest BCUT2D eigenvalue weighted by molar-refractivity contribution is 0.0977. The van der Waals surface area contributed by atoms with E-state index in [1.165, 1.54) is 0 Å². The minimum absolute atomic E-state index is 0.291. The number of para-hydroxylation sites is 1. The fraction of sp³-hybridized carbons (Fsp3) is 0.154. The molecule has 8 heteroatoms. The van der Waals surface area contributed by atoms with E-state index in [9.17, 15) is 4.79 Å². The number of aromatic nitrogens is 1. The van der Waals surface area contributed by atoms with Crippen molar-refractivity contribution in [3.63, 3.8) is 0 Å². The van der Waals surface area contributed by atoms with E-state index in [1.54, 1.807) is 56.7 Å². The van der Waals surface area contributed by atoms with Crippen molar-refractivity contribution in [2.75, 3.05) is 26.1 Å². The molecule has 34 heavy (non-hydrogen) atoms. The monoisotopic (exact) mass is 476 g/mol. The molecule has 1 aromatic heterocycles. The second-order valence-electron chi connectivity index (χ2n) is 7.50. The molecule has 0 aliphatic carbocycles. The number of fused-ring (bicyclic) bond motifs is 1. The molecule has 0 unspecified atom stereocenters. The molecule has 0 aliphatic heterocycles. The first-order valence-electron chi connectivity index (χ1n) is 10.7. The summed E-state index contributed by atoms with van der Waals surface area (Å²) in [5.74, 6) is 1.27. The minimum atomic E-state index is -0.291. The molecular formula is C26H25ClN4O3. The largest absolute Gasteiger partial charge is 0.497 e. The van der Waals surface area contributed by atoms with E-state index < -0.39 is 0 Å². The molecule has 3 aromatic carbocycles. The van der Waals surface area contributed by atoms with E-state index in [2.05, 4.69) is 26.7 Å². The zero-order valence-corrected chi connectivity index (χ0v) is 19.6. The predicted molar refractivity (Wildman–Crippen MR) is 136 cm³/mol. The fourth-order valence-electron chi connectivity index (χ4n) is 3.54. The molecule has 1 amide bonds. The van der Waals surface area contributed by atoms with Crippen molar-refractivity contribution in [1.82, 2.24) is 10.3 Å². The van der Waals surface area contributed by atoms with E-state index in [0.717, 1.165) is 16.5 Å². The van der Waals surface area contributed by atoms with Gasteiger partial charge >= 0.3 is 0 Å². The number of amides is 1. The maximum atomic E-state index is 12.9. The van der Waals surface area contributed by atoms with Gasteiger partial charge in [-0.05, 0) is 60.5 Å². The van der Waals surface area contributed by atoms with Gasteiger partial charge in [-0.1, -0.05) is 29.8 Å². The normalized spacial score (nSPS) is 11.3. The van der Waals surface area contributed by atoms with Gasteiger partial charge in [0.15, 0.2) is 0 Å². The van der Waals surface area contributed by atoms with Gasteiger partial charge in [-0.3, -0.25) is 15.1 Å². The summed E-state index contributed by atoms with van der Waals surface area (Å²) in [6, 6.07) is 20.3. The molecule has 3 N–H and O–H groups in total. The summed E-state index contributed by atoms with van der Waals surface area (Å²) in [7, 11) is 3.14. The number of ether oxygens (including phenoxy) is 2. The summed E-state index contributed by atoms with van der Waals surface area (Å²) in [4.78, 5) is 20.8. The molecule has 7 nitrogen and oxygen atoms in total. The summed E-state index contributed by atoms with van der Waals surface area (Å²) in [5, 5.41) is 7.63. The van der Waals surface area contributed by atoms with Crippen molar-refractivity contribution in [3.05, 3.63) is 89.1 Å². The summed E-state index contributed by atoms with van der Waals surface area (Å²) in [6.07, 6.45) is 2.70. The number of anilines is 1. The van der Waals surface area contributed by atoms with Crippen molar-refractivity contribution >= 4 is 40.1 Å². The number of guanidine groups is 1. The third-order valence-electron chi connectivity index (χ3n) is 5.32. The Bertz CT molecular complexity index is 1320. The van der Waals surface area contributed by atoms with Gasteiger partial charge in [-0.15, -0.1) is 0 Å². The number of carbonyl (C=O) groups excluding carboxylic acids is 1. The topological polar surface area (TPSA) is 87.7 Å². The van der Waals surface area contributed by atoms with Crippen LogP contribution in [0.4, 0.5) is 5.69 Å². The molecule has 1 heterocycles. The Labute approximate surface area is 202 Å². The lowest BCUT2D eigenvalue weighted by Gasteiger charge is -2.13.